The van der Waals surface area contributed by atoms with E-state index in [2.05, 4.69) is 15.3 Å². The van der Waals surface area contributed by atoms with Crippen LogP contribution in [0.2, 0.25) is 0 Å². The van der Waals surface area contributed by atoms with Crippen molar-refractivity contribution in [2.24, 2.45) is 0 Å². The Bertz CT molecular complexity index is 669. The quantitative estimate of drug-likeness (QED) is 0.732. The summed E-state index contributed by atoms with van der Waals surface area (Å²) in [5, 5.41) is 2.85. The molecule has 0 atom stereocenters. The molecule has 0 saturated heterocycles. The van der Waals surface area contributed by atoms with Gasteiger partial charge in [0.1, 0.15) is 5.52 Å². The number of fused-ring (bicyclic) bond motifs is 1. The summed E-state index contributed by atoms with van der Waals surface area (Å²) in [6.07, 6.45) is 1.68. The highest BCUT2D eigenvalue weighted by atomic mass is 16.4. The second-order valence-corrected chi connectivity index (χ2v) is 3.70. The SMILES string of the molecule is CNc1ncc(-c2ccc3oc(C)nc3c2)o1. The molecule has 5 heteroatoms. The molecule has 0 aliphatic carbocycles. The fourth-order valence-corrected chi connectivity index (χ4v) is 1.72. The third-order valence-corrected chi connectivity index (χ3v) is 2.50. The zero-order chi connectivity index (χ0) is 11.8. The lowest BCUT2D eigenvalue weighted by Gasteiger charge is -1.95. The number of nitrogens with zero attached hydrogens (tertiary/aromatic N) is 2. The van der Waals surface area contributed by atoms with Crippen LogP contribution in [0.15, 0.2) is 33.2 Å². The predicted octanol–water partition coefficient (Wildman–Crippen LogP) is 2.83. The van der Waals surface area contributed by atoms with E-state index in [1.54, 1.807) is 13.2 Å². The van der Waals surface area contributed by atoms with E-state index in [1.807, 2.05) is 25.1 Å². The van der Waals surface area contributed by atoms with Crippen molar-refractivity contribution < 1.29 is 8.83 Å². The van der Waals surface area contributed by atoms with Crippen molar-refractivity contribution in [1.82, 2.24) is 9.97 Å². The Hall–Kier alpha value is -2.30. The van der Waals surface area contributed by atoms with Gasteiger partial charge in [-0.2, -0.15) is 0 Å². The smallest absolute Gasteiger partial charge is 0.294 e. The van der Waals surface area contributed by atoms with Crippen LogP contribution in [0.4, 0.5) is 6.01 Å². The molecule has 5 nitrogen and oxygen atoms in total. The average Bonchev–Trinajstić information content (AvgIpc) is 2.92. The highest BCUT2D eigenvalue weighted by Crippen LogP contribution is 2.26. The minimum Gasteiger partial charge on any atom is -0.441 e. The maximum atomic E-state index is 5.49. The Labute approximate surface area is 97.5 Å². The standard InChI is InChI=1S/C12H11N3O2/c1-7-15-9-5-8(3-4-10(9)16-7)11-6-14-12(13-2)17-11/h3-6H,1-2H3,(H,13,14). The molecule has 0 fully saturated rings. The molecule has 3 rings (SSSR count). The van der Waals surface area contributed by atoms with Gasteiger partial charge in [0.2, 0.25) is 0 Å². The molecule has 17 heavy (non-hydrogen) atoms. The number of oxazole rings is 2. The summed E-state index contributed by atoms with van der Waals surface area (Å²) < 4.78 is 10.9. The Morgan fingerprint density at radius 1 is 1.24 bits per heavy atom. The summed E-state index contributed by atoms with van der Waals surface area (Å²) >= 11 is 0. The Balaban J connectivity index is 2.10. The Kier molecular flexibility index (Phi) is 2.11. The summed E-state index contributed by atoms with van der Waals surface area (Å²) in [5.74, 6) is 1.36. The highest BCUT2D eigenvalue weighted by molar-refractivity contribution is 5.79. The van der Waals surface area contributed by atoms with Crippen molar-refractivity contribution in [2.75, 3.05) is 12.4 Å². The summed E-state index contributed by atoms with van der Waals surface area (Å²) in [4.78, 5) is 8.36. The summed E-state index contributed by atoms with van der Waals surface area (Å²) in [7, 11) is 1.76. The van der Waals surface area contributed by atoms with E-state index in [9.17, 15) is 0 Å². The molecule has 1 aromatic carbocycles. The van der Waals surface area contributed by atoms with Gasteiger partial charge in [0, 0.05) is 19.5 Å². The first-order valence-electron chi connectivity index (χ1n) is 5.27. The van der Waals surface area contributed by atoms with E-state index >= 15 is 0 Å². The van der Waals surface area contributed by atoms with Crippen LogP contribution in [0.25, 0.3) is 22.4 Å². The van der Waals surface area contributed by atoms with Crippen molar-refractivity contribution in [3.63, 3.8) is 0 Å². The highest BCUT2D eigenvalue weighted by Gasteiger charge is 2.08. The summed E-state index contributed by atoms with van der Waals surface area (Å²) in [6.45, 7) is 1.83. The average molecular weight is 229 g/mol. The number of hydrogen-bond acceptors (Lipinski definition) is 5. The fourth-order valence-electron chi connectivity index (χ4n) is 1.72. The monoisotopic (exact) mass is 229 g/mol. The minimum absolute atomic E-state index is 0.497. The van der Waals surface area contributed by atoms with Crippen LogP contribution in [0.5, 0.6) is 0 Å². The van der Waals surface area contributed by atoms with E-state index in [4.69, 9.17) is 8.83 Å². The lowest BCUT2D eigenvalue weighted by atomic mass is 10.2. The molecule has 3 aromatic rings. The van der Waals surface area contributed by atoms with Gasteiger partial charge in [-0.1, -0.05) is 0 Å². The number of anilines is 1. The van der Waals surface area contributed by atoms with E-state index in [0.717, 1.165) is 16.7 Å². The van der Waals surface area contributed by atoms with Crippen LogP contribution in [-0.4, -0.2) is 17.0 Å². The van der Waals surface area contributed by atoms with Gasteiger partial charge in [0.05, 0.1) is 6.20 Å². The predicted molar refractivity (Wildman–Crippen MR) is 63.8 cm³/mol. The van der Waals surface area contributed by atoms with Crippen LogP contribution in [0.3, 0.4) is 0 Å². The minimum atomic E-state index is 0.497. The van der Waals surface area contributed by atoms with Crippen LogP contribution < -0.4 is 5.32 Å². The van der Waals surface area contributed by atoms with Crippen LogP contribution >= 0.6 is 0 Å². The molecule has 0 aliphatic heterocycles. The normalized spacial score (nSPS) is 10.9. The van der Waals surface area contributed by atoms with Crippen LogP contribution in [0.1, 0.15) is 5.89 Å². The topological polar surface area (TPSA) is 64.1 Å². The zero-order valence-electron chi connectivity index (χ0n) is 9.52. The van der Waals surface area contributed by atoms with Crippen LogP contribution in [0, 0.1) is 6.92 Å². The van der Waals surface area contributed by atoms with E-state index in [-0.39, 0.29) is 0 Å². The number of nitrogens with one attached hydrogen (secondary N) is 1. The third-order valence-electron chi connectivity index (χ3n) is 2.50. The fraction of sp³-hybridized carbons (Fsp3) is 0.167. The van der Waals surface area contributed by atoms with Crippen LogP contribution in [-0.2, 0) is 0 Å². The molecule has 2 aromatic heterocycles. The third kappa shape index (κ3) is 1.65. The van der Waals surface area contributed by atoms with E-state index < -0.39 is 0 Å². The van der Waals surface area contributed by atoms with Gasteiger partial charge >= 0.3 is 0 Å². The molecule has 0 saturated carbocycles. The molecule has 86 valence electrons. The van der Waals surface area contributed by atoms with Gasteiger partial charge in [-0.3, -0.25) is 0 Å². The number of rotatable bonds is 2. The van der Waals surface area contributed by atoms with Crippen molar-refractivity contribution in [3.8, 4) is 11.3 Å². The number of hydrogen-bond donors (Lipinski definition) is 1. The molecule has 0 amide bonds. The molecular formula is C12H11N3O2. The van der Waals surface area contributed by atoms with Crippen molar-refractivity contribution >= 4 is 17.1 Å². The largest absolute Gasteiger partial charge is 0.441 e. The zero-order valence-corrected chi connectivity index (χ0v) is 9.52. The first kappa shape index (κ1) is 9.89. The molecule has 0 unspecified atom stereocenters. The maximum Gasteiger partial charge on any atom is 0.294 e. The van der Waals surface area contributed by atoms with Crippen molar-refractivity contribution in [1.29, 1.82) is 0 Å². The van der Waals surface area contributed by atoms with E-state index in [0.29, 0.717) is 17.7 Å². The van der Waals surface area contributed by atoms with Gasteiger partial charge in [-0.05, 0) is 18.2 Å². The maximum absolute atomic E-state index is 5.49. The molecule has 0 aliphatic rings. The molecule has 0 bridgehead atoms. The van der Waals surface area contributed by atoms with Gasteiger partial charge < -0.3 is 14.2 Å². The van der Waals surface area contributed by atoms with Crippen molar-refractivity contribution in [3.05, 3.63) is 30.3 Å². The summed E-state index contributed by atoms with van der Waals surface area (Å²) in [6, 6.07) is 6.22. The Morgan fingerprint density at radius 2 is 2.12 bits per heavy atom. The van der Waals surface area contributed by atoms with Gasteiger partial charge in [0.25, 0.3) is 6.01 Å². The lowest BCUT2D eigenvalue weighted by molar-refractivity contribution is 0.561. The molecule has 1 N–H and O–H groups in total. The second-order valence-electron chi connectivity index (χ2n) is 3.70. The number of benzene rings is 1. The van der Waals surface area contributed by atoms with Gasteiger partial charge in [0.15, 0.2) is 17.2 Å². The number of aryl methyl sites for hydroxylation is 1. The first-order valence-corrected chi connectivity index (χ1v) is 5.27. The number of aromatic nitrogens is 2. The molecule has 2 heterocycles. The van der Waals surface area contributed by atoms with Gasteiger partial charge in [-0.25, -0.2) is 9.97 Å². The Morgan fingerprint density at radius 3 is 2.88 bits per heavy atom. The first-order chi connectivity index (χ1) is 8.26. The molecular weight excluding hydrogens is 218 g/mol. The molecule has 0 spiro atoms. The lowest BCUT2D eigenvalue weighted by Crippen LogP contribution is -1.85. The van der Waals surface area contributed by atoms with Crippen molar-refractivity contribution in [2.45, 2.75) is 6.92 Å². The second kappa shape index (κ2) is 3.62. The van der Waals surface area contributed by atoms with E-state index in [1.165, 1.54) is 0 Å². The summed E-state index contributed by atoms with van der Waals surface area (Å²) in [5.41, 5.74) is 2.53. The molecule has 0 radical (unpaired) electrons. The van der Waals surface area contributed by atoms with Gasteiger partial charge in [-0.15, -0.1) is 0 Å².